The number of carboxylic acid groups (broad SMARTS) is 1. The van der Waals surface area contributed by atoms with Crippen LogP contribution in [0.15, 0.2) is 0 Å². The molecule has 0 aliphatic heterocycles. The molecule has 0 bridgehead atoms. The number of ether oxygens (including phenoxy) is 1. The summed E-state index contributed by atoms with van der Waals surface area (Å²) < 4.78 is 4.73. The van der Waals surface area contributed by atoms with Gasteiger partial charge in [-0.05, 0) is 26.7 Å². The van der Waals surface area contributed by atoms with Gasteiger partial charge in [0.2, 0.25) is 0 Å². The van der Waals surface area contributed by atoms with E-state index in [9.17, 15) is 9.59 Å². The summed E-state index contributed by atoms with van der Waals surface area (Å²) in [6.07, 6.45) is 0.871. The molecule has 0 aromatic heterocycles. The number of carbonyl (C=O) groups excluding carboxylic acids is 1. The zero-order valence-corrected chi connectivity index (χ0v) is 8.74. The van der Waals surface area contributed by atoms with Gasteiger partial charge in [0.15, 0.2) is 5.41 Å². The monoisotopic (exact) mass is 211 g/mol. The normalized spacial score (nSPS) is 20.9. The first-order valence-corrected chi connectivity index (χ1v) is 4.76. The van der Waals surface area contributed by atoms with E-state index in [1.54, 1.807) is 6.92 Å². The van der Waals surface area contributed by atoms with Crippen LogP contribution < -0.4 is 0 Å². The van der Waals surface area contributed by atoms with Crippen molar-refractivity contribution in [3.05, 3.63) is 0 Å². The van der Waals surface area contributed by atoms with Crippen LogP contribution in [0.2, 0.25) is 0 Å². The second-order valence-corrected chi connectivity index (χ2v) is 3.84. The summed E-state index contributed by atoms with van der Waals surface area (Å²) in [6, 6.07) is 1.93. The number of rotatable bonds is 4. The van der Waals surface area contributed by atoms with Crippen molar-refractivity contribution >= 4 is 11.9 Å². The third kappa shape index (κ3) is 1.46. The molecule has 0 amide bonds. The third-order valence-corrected chi connectivity index (χ3v) is 3.03. The summed E-state index contributed by atoms with van der Waals surface area (Å²) in [5.74, 6) is -2.11. The van der Waals surface area contributed by atoms with Gasteiger partial charge in [0.25, 0.3) is 0 Å². The summed E-state index contributed by atoms with van der Waals surface area (Å²) in [7, 11) is 0. The Morgan fingerprint density at radius 3 is 2.40 bits per heavy atom. The van der Waals surface area contributed by atoms with E-state index in [0.29, 0.717) is 12.8 Å². The first-order valence-electron chi connectivity index (χ1n) is 4.76. The molecule has 1 unspecified atom stereocenters. The quantitative estimate of drug-likeness (QED) is 0.552. The van der Waals surface area contributed by atoms with Crippen molar-refractivity contribution < 1.29 is 19.4 Å². The molecule has 0 aromatic carbocycles. The first-order chi connectivity index (χ1) is 6.94. The van der Waals surface area contributed by atoms with E-state index >= 15 is 0 Å². The molecular weight excluding hydrogens is 198 g/mol. The lowest BCUT2D eigenvalue weighted by molar-refractivity contribution is -0.171. The van der Waals surface area contributed by atoms with Crippen molar-refractivity contribution in [1.29, 1.82) is 5.26 Å². The van der Waals surface area contributed by atoms with Crippen molar-refractivity contribution in [2.24, 2.45) is 10.8 Å². The largest absolute Gasteiger partial charge is 0.480 e. The van der Waals surface area contributed by atoms with E-state index < -0.39 is 22.8 Å². The average Bonchev–Trinajstić information content (AvgIpc) is 2.97. The van der Waals surface area contributed by atoms with Crippen LogP contribution in [0.3, 0.4) is 0 Å². The van der Waals surface area contributed by atoms with Crippen LogP contribution >= 0.6 is 0 Å². The van der Waals surface area contributed by atoms with Crippen LogP contribution in [0.4, 0.5) is 0 Å². The molecule has 1 saturated carbocycles. The molecule has 1 fully saturated rings. The molecule has 82 valence electrons. The van der Waals surface area contributed by atoms with Crippen LogP contribution in [0, 0.1) is 22.2 Å². The fraction of sp³-hybridized carbons (Fsp3) is 0.700. The second kappa shape index (κ2) is 3.54. The Hall–Kier alpha value is -1.57. The molecule has 1 atom stereocenters. The molecular formula is C10H13NO4. The van der Waals surface area contributed by atoms with Gasteiger partial charge >= 0.3 is 11.9 Å². The number of nitrogens with zero attached hydrogens (tertiary/aromatic N) is 1. The van der Waals surface area contributed by atoms with E-state index in [2.05, 4.69) is 0 Å². The Kier molecular flexibility index (Phi) is 2.71. The van der Waals surface area contributed by atoms with E-state index in [0.717, 1.165) is 0 Å². The molecule has 5 nitrogen and oxygen atoms in total. The van der Waals surface area contributed by atoms with E-state index in [1.165, 1.54) is 6.92 Å². The number of aliphatic carboxylic acids is 1. The zero-order valence-electron chi connectivity index (χ0n) is 8.74. The maximum Gasteiger partial charge on any atom is 0.324 e. The average molecular weight is 211 g/mol. The summed E-state index contributed by atoms with van der Waals surface area (Å²) in [5, 5.41) is 18.0. The smallest absolute Gasteiger partial charge is 0.324 e. The first kappa shape index (κ1) is 11.5. The molecule has 0 spiro atoms. The van der Waals surface area contributed by atoms with Crippen LogP contribution in [0.25, 0.3) is 0 Å². The van der Waals surface area contributed by atoms with Gasteiger partial charge in [0.1, 0.15) is 0 Å². The molecule has 1 aliphatic rings. The summed E-state index contributed by atoms with van der Waals surface area (Å²) in [6.45, 7) is 2.98. The Bertz CT molecular complexity index is 340. The number of carboxylic acids is 1. The van der Waals surface area contributed by atoms with Gasteiger partial charge in [-0.2, -0.15) is 5.26 Å². The molecule has 5 heteroatoms. The predicted octanol–water partition coefficient (Wildman–Crippen LogP) is 0.944. The molecule has 0 aromatic rings. The second-order valence-electron chi connectivity index (χ2n) is 3.84. The Balaban J connectivity index is 3.06. The van der Waals surface area contributed by atoms with Crippen LogP contribution in [0.5, 0.6) is 0 Å². The predicted molar refractivity (Wildman–Crippen MR) is 49.7 cm³/mol. The van der Waals surface area contributed by atoms with E-state index in [4.69, 9.17) is 15.1 Å². The fourth-order valence-corrected chi connectivity index (χ4v) is 1.61. The van der Waals surface area contributed by atoms with Gasteiger partial charge in [-0.1, -0.05) is 0 Å². The minimum absolute atomic E-state index is 0.114. The van der Waals surface area contributed by atoms with E-state index in [-0.39, 0.29) is 6.61 Å². The Morgan fingerprint density at radius 2 is 2.13 bits per heavy atom. The lowest BCUT2D eigenvalue weighted by Crippen LogP contribution is -2.45. The summed E-state index contributed by atoms with van der Waals surface area (Å²) in [4.78, 5) is 22.7. The van der Waals surface area contributed by atoms with Crippen LogP contribution in [0.1, 0.15) is 26.7 Å². The number of esters is 1. The number of nitriles is 1. The molecule has 1 rings (SSSR count). The van der Waals surface area contributed by atoms with Gasteiger partial charge in [-0.25, -0.2) is 0 Å². The van der Waals surface area contributed by atoms with Gasteiger partial charge in [-0.3, -0.25) is 9.59 Å². The van der Waals surface area contributed by atoms with Crippen LogP contribution in [-0.2, 0) is 14.3 Å². The summed E-state index contributed by atoms with van der Waals surface area (Å²) >= 11 is 0. The standard InChI is InChI=1S/C10H13NO4/c1-3-15-8(14)9(2,7(12)13)10(6-11)4-5-10/h3-5H2,1-2H3,(H,12,13). The van der Waals surface area contributed by atoms with Crippen LogP contribution in [-0.4, -0.2) is 23.7 Å². The molecule has 1 aliphatic carbocycles. The lowest BCUT2D eigenvalue weighted by Gasteiger charge is -2.26. The van der Waals surface area contributed by atoms with Crippen molar-refractivity contribution in [2.75, 3.05) is 6.61 Å². The number of hydrogen-bond donors (Lipinski definition) is 1. The highest BCUT2D eigenvalue weighted by molar-refractivity contribution is 6.00. The van der Waals surface area contributed by atoms with E-state index in [1.807, 2.05) is 6.07 Å². The van der Waals surface area contributed by atoms with Crippen molar-refractivity contribution in [3.8, 4) is 6.07 Å². The minimum Gasteiger partial charge on any atom is -0.480 e. The fourth-order valence-electron chi connectivity index (χ4n) is 1.61. The van der Waals surface area contributed by atoms with Crippen molar-refractivity contribution in [3.63, 3.8) is 0 Å². The molecule has 0 heterocycles. The number of carbonyl (C=O) groups is 2. The van der Waals surface area contributed by atoms with Crippen molar-refractivity contribution in [2.45, 2.75) is 26.7 Å². The third-order valence-electron chi connectivity index (χ3n) is 3.03. The maximum absolute atomic E-state index is 11.6. The van der Waals surface area contributed by atoms with Gasteiger partial charge < -0.3 is 9.84 Å². The summed E-state index contributed by atoms with van der Waals surface area (Å²) in [5.41, 5.74) is -2.82. The lowest BCUT2D eigenvalue weighted by atomic mass is 9.75. The SMILES string of the molecule is CCOC(=O)C(C)(C(=O)O)C1(C#N)CC1. The minimum atomic E-state index is -1.74. The van der Waals surface area contributed by atoms with Gasteiger partial charge in [-0.15, -0.1) is 0 Å². The molecule has 0 radical (unpaired) electrons. The van der Waals surface area contributed by atoms with Crippen molar-refractivity contribution in [1.82, 2.24) is 0 Å². The highest BCUT2D eigenvalue weighted by Gasteiger charge is 2.67. The zero-order chi connectivity index (χ0) is 11.7. The molecule has 15 heavy (non-hydrogen) atoms. The van der Waals surface area contributed by atoms with Gasteiger partial charge in [0.05, 0.1) is 18.1 Å². The molecule has 0 saturated heterocycles. The highest BCUT2D eigenvalue weighted by atomic mass is 16.5. The highest BCUT2D eigenvalue weighted by Crippen LogP contribution is 2.58. The number of hydrogen-bond acceptors (Lipinski definition) is 4. The maximum atomic E-state index is 11.6. The Morgan fingerprint density at radius 1 is 1.60 bits per heavy atom. The molecule has 1 N–H and O–H groups in total. The topological polar surface area (TPSA) is 87.4 Å². The Labute approximate surface area is 87.6 Å². The van der Waals surface area contributed by atoms with Gasteiger partial charge in [0, 0.05) is 0 Å².